The van der Waals surface area contributed by atoms with Crippen LogP contribution < -0.4 is 5.73 Å². The van der Waals surface area contributed by atoms with Crippen LogP contribution >= 0.6 is 0 Å². The van der Waals surface area contributed by atoms with Crippen molar-refractivity contribution in [2.45, 2.75) is 0 Å². The van der Waals surface area contributed by atoms with Crippen LogP contribution in [0, 0.1) is 11.3 Å². The first-order chi connectivity index (χ1) is 8.13. The highest BCUT2D eigenvalue weighted by atomic mass is 16.4. The summed E-state index contributed by atoms with van der Waals surface area (Å²) in [5.74, 6) is -0.892. The van der Waals surface area contributed by atoms with E-state index in [1.54, 1.807) is 6.07 Å². The second-order valence-electron chi connectivity index (χ2n) is 3.20. The molecule has 17 heavy (non-hydrogen) atoms. The topological polar surface area (TPSA) is 118 Å². The number of nitriles is 1. The standard InChI is InChI=1S/C10H7N5O2/c11-5-8-9(12)15(14-13-8)7-3-1-6(2-4-7)10(16)17/h1-4H,12H2,(H,16,17). The third-order valence-electron chi connectivity index (χ3n) is 2.17. The quantitative estimate of drug-likeness (QED) is 0.770. The highest BCUT2D eigenvalue weighted by Gasteiger charge is 2.10. The average Bonchev–Trinajstić information content (AvgIpc) is 2.70. The van der Waals surface area contributed by atoms with Crippen molar-refractivity contribution in [1.29, 1.82) is 5.26 Å². The predicted molar refractivity (Wildman–Crippen MR) is 57.4 cm³/mol. The molecule has 0 aliphatic carbocycles. The Morgan fingerprint density at radius 1 is 1.41 bits per heavy atom. The lowest BCUT2D eigenvalue weighted by molar-refractivity contribution is 0.0697. The molecule has 0 saturated carbocycles. The van der Waals surface area contributed by atoms with Gasteiger partial charge >= 0.3 is 5.97 Å². The van der Waals surface area contributed by atoms with Gasteiger partial charge in [-0.2, -0.15) is 9.94 Å². The van der Waals surface area contributed by atoms with Gasteiger partial charge in [0.2, 0.25) is 5.69 Å². The van der Waals surface area contributed by atoms with Crippen molar-refractivity contribution in [1.82, 2.24) is 15.0 Å². The molecule has 0 fully saturated rings. The monoisotopic (exact) mass is 229 g/mol. The molecular weight excluding hydrogens is 222 g/mol. The van der Waals surface area contributed by atoms with Crippen LogP contribution in [0.3, 0.4) is 0 Å². The molecule has 1 aromatic carbocycles. The van der Waals surface area contributed by atoms with E-state index in [9.17, 15) is 4.79 Å². The first-order valence-corrected chi connectivity index (χ1v) is 4.58. The van der Waals surface area contributed by atoms with Crippen molar-refractivity contribution in [3.05, 3.63) is 35.5 Å². The maximum Gasteiger partial charge on any atom is 0.335 e. The van der Waals surface area contributed by atoms with Gasteiger partial charge in [0.15, 0.2) is 5.82 Å². The van der Waals surface area contributed by atoms with E-state index in [0.717, 1.165) is 0 Å². The minimum atomic E-state index is -1.01. The number of carbonyl (C=O) groups is 1. The van der Waals surface area contributed by atoms with Gasteiger partial charge in [0, 0.05) is 0 Å². The number of carboxylic acid groups (broad SMARTS) is 1. The average molecular weight is 229 g/mol. The van der Waals surface area contributed by atoms with Crippen LogP contribution in [0.5, 0.6) is 0 Å². The van der Waals surface area contributed by atoms with Crippen LogP contribution in [0.2, 0.25) is 0 Å². The van der Waals surface area contributed by atoms with Crippen LogP contribution in [0.15, 0.2) is 24.3 Å². The fourth-order valence-corrected chi connectivity index (χ4v) is 1.30. The minimum absolute atomic E-state index is 0.0345. The maximum absolute atomic E-state index is 10.7. The molecule has 1 aromatic heterocycles. The van der Waals surface area contributed by atoms with Gasteiger partial charge in [0.05, 0.1) is 11.3 Å². The Bertz CT molecular complexity index is 609. The number of hydrogen-bond acceptors (Lipinski definition) is 5. The lowest BCUT2D eigenvalue weighted by atomic mass is 10.2. The fourth-order valence-electron chi connectivity index (χ4n) is 1.30. The summed E-state index contributed by atoms with van der Waals surface area (Å²) >= 11 is 0. The third-order valence-corrected chi connectivity index (χ3v) is 2.17. The Kier molecular flexibility index (Phi) is 2.46. The van der Waals surface area contributed by atoms with Gasteiger partial charge in [0.25, 0.3) is 0 Å². The molecule has 0 unspecified atom stereocenters. The number of rotatable bonds is 2. The molecule has 7 heteroatoms. The summed E-state index contributed by atoms with van der Waals surface area (Å²) in [4.78, 5) is 10.7. The Morgan fingerprint density at radius 3 is 2.53 bits per heavy atom. The number of hydrogen-bond donors (Lipinski definition) is 2. The summed E-state index contributed by atoms with van der Waals surface area (Å²) < 4.78 is 1.27. The van der Waals surface area contributed by atoms with E-state index in [1.165, 1.54) is 28.9 Å². The van der Waals surface area contributed by atoms with Crippen molar-refractivity contribution >= 4 is 11.8 Å². The van der Waals surface area contributed by atoms with E-state index in [4.69, 9.17) is 16.1 Å². The molecule has 3 N–H and O–H groups in total. The second kappa shape index (κ2) is 3.94. The molecule has 0 saturated heterocycles. The molecule has 1 heterocycles. The number of carboxylic acids is 1. The first-order valence-electron chi connectivity index (χ1n) is 4.58. The molecule has 0 radical (unpaired) electrons. The Hall–Kier alpha value is -2.88. The normalized spacial score (nSPS) is 9.82. The van der Waals surface area contributed by atoms with E-state index in [0.29, 0.717) is 5.69 Å². The molecule has 0 spiro atoms. The van der Waals surface area contributed by atoms with Crippen LogP contribution in [0.4, 0.5) is 5.82 Å². The summed E-state index contributed by atoms with van der Waals surface area (Å²) in [7, 11) is 0. The van der Waals surface area contributed by atoms with E-state index in [1.807, 2.05) is 0 Å². The van der Waals surface area contributed by atoms with Crippen molar-refractivity contribution in [2.24, 2.45) is 0 Å². The van der Waals surface area contributed by atoms with Crippen molar-refractivity contribution < 1.29 is 9.90 Å². The van der Waals surface area contributed by atoms with Crippen LogP contribution in [-0.2, 0) is 0 Å². The summed E-state index contributed by atoms with van der Waals surface area (Å²) in [6, 6.07) is 7.72. The van der Waals surface area contributed by atoms with Crippen LogP contribution in [0.1, 0.15) is 16.1 Å². The Balaban J connectivity index is 2.44. The van der Waals surface area contributed by atoms with Gasteiger partial charge < -0.3 is 10.8 Å². The smallest absolute Gasteiger partial charge is 0.335 e. The lowest BCUT2D eigenvalue weighted by Crippen LogP contribution is -2.03. The molecule has 0 aliphatic rings. The Labute approximate surface area is 95.7 Å². The number of nitrogens with zero attached hydrogens (tertiary/aromatic N) is 4. The molecule has 0 amide bonds. The van der Waals surface area contributed by atoms with Gasteiger partial charge in [-0.25, -0.2) is 4.79 Å². The van der Waals surface area contributed by atoms with Crippen LogP contribution in [-0.4, -0.2) is 26.1 Å². The zero-order valence-corrected chi connectivity index (χ0v) is 8.53. The van der Waals surface area contributed by atoms with Crippen LogP contribution in [0.25, 0.3) is 5.69 Å². The molecular formula is C10H7N5O2. The number of nitrogen functional groups attached to an aromatic ring is 1. The highest BCUT2D eigenvalue weighted by Crippen LogP contribution is 2.14. The van der Waals surface area contributed by atoms with Crippen molar-refractivity contribution in [3.63, 3.8) is 0 Å². The van der Waals surface area contributed by atoms with Gasteiger partial charge in [0.1, 0.15) is 6.07 Å². The lowest BCUT2D eigenvalue weighted by Gasteiger charge is -2.02. The zero-order valence-electron chi connectivity index (χ0n) is 8.53. The first kappa shape index (κ1) is 10.6. The van der Waals surface area contributed by atoms with E-state index >= 15 is 0 Å². The number of benzene rings is 1. The molecule has 7 nitrogen and oxygen atoms in total. The largest absolute Gasteiger partial charge is 0.478 e. The predicted octanol–water partition coefficient (Wildman–Crippen LogP) is 0.419. The number of nitrogens with two attached hydrogens (primary N) is 1. The Morgan fingerprint density at radius 2 is 2.06 bits per heavy atom. The van der Waals surface area contributed by atoms with Gasteiger partial charge in [-0.15, -0.1) is 5.10 Å². The van der Waals surface area contributed by atoms with Gasteiger partial charge in [-0.3, -0.25) is 0 Å². The molecule has 0 bridgehead atoms. The number of aromatic carboxylic acids is 1. The molecule has 2 aromatic rings. The molecule has 0 aliphatic heterocycles. The molecule has 2 rings (SSSR count). The third kappa shape index (κ3) is 1.79. The zero-order chi connectivity index (χ0) is 12.4. The number of anilines is 1. The maximum atomic E-state index is 10.7. The van der Waals surface area contributed by atoms with E-state index in [-0.39, 0.29) is 17.1 Å². The summed E-state index contributed by atoms with van der Waals surface area (Å²) in [6.45, 7) is 0. The van der Waals surface area contributed by atoms with Gasteiger partial charge in [-0.05, 0) is 24.3 Å². The summed E-state index contributed by atoms with van der Waals surface area (Å²) in [6.07, 6.45) is 0. The molecule has 84 valence electrons. The van der Waals surface area contributed by atoms with Crippen molar-refractivity contribution in [2.75, 3.05) is 5.73 Å². The minimum Gasteiger partial charge on any atom is -0.478 e. The summed E-state index contributed by atoms with van der Waals surface area (Å²) in [5, 5.41) is 24.7. The van der Waals surface area contributed by atoms with Crippen molar-refractivity contribution in [3.8, 4) is 11.8 Å². The second-order valence-corrected chi connectivity index (χ2v) is 3.20. The van der Waals surface area contributed by atoms with Gasteiger partial charge in [-0.1, -0.05) is 5.21 Å². The number of aromatic nitrogens is 3. The molecule has 0 atom stereocenters. The fraction of sp³-hybridized carbons (Fsp3) is 0. The van der Waals surface area contributed by atoms with E-state index < -0.39 is 5.97 Å². The SMILES string of the molecule is N#Cc1nnn(-c2ccc(C(=O)O)cc2)c1N. The van der Waals surface area contributed by atoms with E-state index in [2.05, 4.69) is 10.3 Å². The summed E-state index contributed by atoms with van der Waals surface area (Å²) in [5.41, 5.74) is 6.38. The highest BCUT2D eigenvalue weighted by molar-refractivity contribution is 5.87.